The topological polar surface area (TPSA) is 54.0 Å². The lowest BCUT2D eigenvalue weighted by molar-refractivity contribution is 0.0952. The zero-order chi connectivity index (χ0) is 14.1. The predicted octanol–water partition coefficient (Wildman–Crippen LogP) is 3.07. The number of amides is 1. The Morgan fingerprint density at radius 2 is 2.16 bits per heavy atom. The third-order valence-corrected chi connectivity index (χ3v) is 2.82. The molecule has 0 spiro atoms. The van der Waals surface area contributed by atoms with Crippen LogP contribution in [0.4, 0.5) is 5.82 Å². The fraction of sp³-hybridized carbons (Fsp3) is 0.600. The van der Waals surface area contributed by atoms with Crippen molar-refractivity contribution in [1.29, 1.82) is 0 Å². The molecule has 0 aliphatic heterocycles. The molecule has 0 unspecified atom stereocenters. The largest absolute Gasteiger partial charge is 0.370 e. The van der Waals surface area contributed by atoms with Gasteiger partial charge in [0, 0.05) is 24.8 Å². The summed E-state index contributed by atoms with van der Waals surface area (Å²) in [6.45, 7) is 8.08. The number of nitrogens with one attached hydrogen (secondary N) is 2. The Hall–Kier alpha value is -1.58. The van der Waals surface area contributed by atoms with E-state index in [2.05, 4.69) is 36.4 Å². The first-order valence-corrected chi connectivity index (χ1v) is 7.11. The van der Waals surface area contributed by atoms with Gasteiger partial charge in [0.2, 0.25) is 0 Å². The lowest BCUT2D eigenvalue weighted by Crippen LogP contribution is -2.24. The van der Waals surface area contributed by atoms with Gasteiger partial charge in [-0.2, -0.15) is 0 Å². The highest BCUT2D eigenvalue weighted by atomic mass is 16.1. The molecule has 0 atom stereocenters. The van der Waals surface area contributed by atoms with Gasteiger partial charge in [-0.15, -0.1) is 0 Å². The van der Waals surface area contributed by atoms with Crippen LogP contribution in [0, 0.1) is 5.92 Å². The van der Waals surface area contributed by atoms with E-state index in [1.807, 2.05) is 0 Å². The maximum atomic E-state index is 11.9. The zero-order valence-electron chi connectivity index (χ0n) is 12.2. The van der Waals surface area contributed by atoms with Gasteiger partial charge in [-0.3, -0.25) is 4.79 Å². The minimum absolute atomic E-state index is 0.0225. The van der Waals surface area contributed by atoms with Crippen LogP contribution in [0.15, 0.2) is 18.3 Å². The van der Waals surface area contributed by atoms with Crippen LogP contribution in [0.25, 0.3) is 0 Å². The fourth-order valence-corrected chi connectivity index (χ4v) is 1.74. The molecule has 0 saturated heterocycles. The number of hydrogen-bond donors (Lipinski definition) is 2. The van der Waals surface area contributed by atoms with E-state index in [-0.39, 0.29) is 5.91 Å². The summed E-state index contributed by atoms with van der Waals surface area (Å²) < 4.78 is 0. The molecule has 0 bridgehead atoms. The average molecular weight is 263 g/mol. The first kappa shape index (κ1) is 15.5. The van der Waals surface area contributed by atoms with Crippen molar-refractivity contribution in [2.45, 2.75) is 40.0 Å². The third kappa shape index (κ3) is 6.22. The third-order valence-electron chi connectivity index (χ3n) is 2.82. The molecule has 0 aliphatic carbocycles. The lowest BCUT2D eigenvalue weighted by Gasteiger charge is -2.08. The first-order chi connectivity index (χ1) is 9.13. The smallest absolute Gasteiger partial charge is 0.251 e. The van der Waals surface area contributed by atoms with Crippen LogP contribution in [-0.2, 0) is 0 Å². The van der Waals surface area contributed by atoms with Crippen molar-refractivity contribution in [3.05, 3.63) is 23.9 Å². The number of pyridine rings is 1. The zero-order valence-corrected chi connectivity index (χ0v) is 12.2. The lowest BCUT2D eigenvalue weighted by atomic mass is 10.1. The first-order valence-electron chi connectivity index (χ1n) is 7.11. The Bertz CT molecular complexity index is 391. The van der Waals surface area contributed by atoms with Crippen molar-refractivity contribution in [2.24, 2.45) is 5.92 Å². The van der Waals surface area contributed by atoms with Crippen LogP contribution in [-0.4, -0.2) is 24.0 Å². The van der Waals surface area contributed by atoms with E-state index in [0.29, 0.717) is 11.5 Å². The van der Waals surface area contributed by atoms with E-state index >= 15 is 0 Å². The second-order valence-electron chi connectivity index (χ2n) is 5.15. The Morgan fingerprint density at radius 3 is 2.84 bits per heavy atom. The molecule has 0 aliphatic rings. The van der Waals surface area contributed by atoms with Crippen molar-refractivity contribution in [2.75, 3.05) is 18.4 Å². The van der Waals surface area contributed by atoms with Crippen LogP contribution in [0.1, 0.15) is 50.4 Å². The van der Waals surface area contributed by atoms with E-state index in [4.69, 9.17) is 0 Å². The molecule has 4 heteroatoms. The van der Waals surface area contributed by atoms with Gasteiger partial charge in [-0.25, -0.2) is 4.98 Å². The van der Waals surface area contributed by atoms with Crippen molar-refractivity contribution < 1.29 is 4.79 Å². The Labute approximate surface area is 116 Å². The molecule has 1 amide bonds. The number of nitrogens with zero attached hydrogens (tertiary/aromatic N) is 1. The number of hydrogen-bond acceptors (Lipinski definition) is 3. The van der Waals surface area contributed by atoms with Crippen LogP contribution in [0.2, 0.25) is 0 Å². The molecule has 19 heavy (non-hydrogen) atoms. The molecule has 1 rings (SSSR count). The van der Waals surface area contributed by atoms with Crippen LogP contribution < -0.4 is 10.6 Å². The number of anilines is 1. The molecule has 0 radical (unpaired) electrons. The maximum absolute atomic E-state index is 11.9. The Kier molecular flexibility index (Phi) is 6.93. The molecule has 4 nitrogen and oxygen atoms in total. The van der Waals surface area contributed by atoms with Crippen molar-refractivity contribution in [3.8, 4) is 0 Å². The van der Waals surface area contributed by atoms with E-state index in [1.54, 1.807) is 18.3 Å². The summed E-state index contributed by atoms with van der Waals surface area (Å²) in [5.74, 6) is 1.42. The molecular weight excluding hydrogens is 238 g/mol. The van der Waals surface area contributed by atoms with Gasteiger partial charge in [0.25, 0.3) is 5.91 Å². The SMILES string of the molecule is CCCNc1cc(C(=O)NCCCC(C)C)ccn1. The second-order valence-corrected chi connectivity index (χ2v) is 5.15. The van der Waals surface area contributed by atoms with Gasteiger partial charge in [-0.1, -0.05) is 20.8 Å². The Balaban J connectivity index is 2.43. The molecule has 1 aromatic rings. The molecule has 1 heterocycles. The molecule has 1 aromatic heterocycles. The van der Waals surface area contributed by atoms with E-state index in [1.165, 1.54) is 0 Å². The van der Waals surface area contributed by atoms with Crippen LogP contribution >= 0.6 is 0 Å². The quantitative estimate of drug-likeness (QED) is 0.709. The molecule has 106 valence electrons. The highest BCUT2D eigenvalue weighted by Gasteiger charge is 2.06. The van der Waals surface area contributed by atoms with Gasteiger partial charge >= 0.3 is 0 Å². The minimum Gasteiger partial charge on any atom is -0.370 e. The molecule has 0 fully saturated rings. The van der Waals surface area contributed by atoms with Crippen LogP contribution in [0.3, 0.4) is 0 Å². The number of aromatic nitrogens is 1. The summed E-state index contributed by atoms with van der Waals surface area (Å²) in [6.07, 6.45) is 4.86. The van der Waals surface area contributed by atoms with Crippen LogP contribution in [0.5, 0.6) is 0 Å². The normalized spacial score (nSPS) is 10.5. The van der Waals surface area contributed by atoms with E-state index < -0.39 is 0 Å². The highest BCUT2D eigenvalue weighted by Crippen LogP contribution is 2.07. The highest BCUT2D eigenvalue weighted by molar-refractivity contribution is 5.94. The summed E-state index contributed by atoms with van der Waals surface area (Å²) in [7, 11) is 0. The van der Waals surface area contributed by atoms with Gasteiger partial charge in [0.05, 0.1) is 0 Å². The molecule has 0 aromatic carbocycles. The molecule has 2 N–H and O–H groups in total. The van der Waals surface area contributed by atoms with Gasteiger partial charge in [-0.05, 0) is 37.3 Å². The van der Waals surface area contributed by atoms with Crippen molar-refractivity contribution in [1.82, 2.24) is 10.3 Å². The van der Waals surface area contributed by atoms with Gasteiger partial charge in [0.15, 0.2) is 0 Å². The summed E-state index contributed by atoms with van der Waals surface area (Å²) in [5.41, 5.74) is 0.665. The number of carbonyl (C=O) groups excluding carboxylic acids is 1. The van der Waals surface area contributed by atoms with Crippen molar-refractivity contribution in [3.63, 3.8) is 0 Å². The monoisotopic (exact) mass is 263 g/mol. The number of rotatable bonds is 8. The fourth-order valence-electron chi connectivity index (χ4n) is 1.74. The summed E-state index contributed by atoms with van der Waals surface area (Å²) in [5, 5.41) is 6.12. The molecular formula is C15H25N3O. The average Bonchev–Trinajstić information content (AvgIpc) is 2.41. The summed E-state index contributed by atoms with van der Waals surface area (Å²) in [6, 6.07) is 3.54. The number of carbonyl (C=O) groups is 1. The van der Waals surface area contributed by atoms with Gasteiger partial charge < -0.3 is 10.6 Å². The van der Waals surface area contributed by atoms with Crippen molar-refractivity contribution >= 4 is 11.7 Å². The summed E-state index contributed by atoms with van der Waals surface area (Å²) in [4.78, 5) is 16.1. The minimum atomic E-state index is -0.0225. The predicted molar refractivity (Wildman–Crippen MR) is 79.4 cm³/mol. The standard InChI is InChI=1S/C15H25N3O/c1-4-8-16-14-11-13(7-10-17-14)15(19)18-9-5-6-12(2)3/h7,10-12H,4-6,8-9H2,1-3H3,(H,16,17)(H,18,19). The van der Waals surface area contributed by atoms with E-state index in [9.17, 15) is 4.79 Å². The Morgan fingerprint density at radius 1 is 1.37 bits per heavy atom. The van der Waals surface area contributed by atoms with Gasteiger partial charge in [0.1, 0.15) is 5.82 Å². The molecule has 0 saturated carbocycles. The summed E-state index contributed by atoms with van der Waals surface area (Å²) >= 11 is 0. The van der Waals surface area contributed by atoms with E-state index in [0.717, 1.165) is 38.2 Å². The maximum Gasteiger partial charge on any atom is 0.251 e. The second kappa shape index (κ2) is 8.51.